The zero-order valence-corrected chi connectivity index (χ0v) is 33.6. The number of nitro groups is 1. The number of allylic oxidation sites excluding steroid dienone is 2. The molecule has 3 aromatic rings. The largest absolute Gasteiger partial charge is 0.478 e. The third-order valence-electron chi connectivity index (χ3n) is 6.11. The number of aromatic nitrogens is 2. The fourth-order valence-electron chi connectivity index (χ4n) is 3.02. The summed E-state index contributed by atoms with van der Waals surface area (Å²) < 4.78 is 0. The highest BCUT2D eigenvalue weighted by Gasteiger charge is 2.23. The van der Waals surface area contributed by atoms with Gasteiger partial charge in [-0.05, 0) is 85.7 Å². The molecule has 2 N–H and O–H groups in total. The normalized spacial score (nSPS) is 9.14. The van der Waals surface area contributed by atoms with Crippen LogP contribution in [0.2, 0.25) is 0 Å². The number of carboxylic acid groups (broad SMARTS) is 1. The van der Waals surface area contributed by atoms with Crippen LogP contribution in [0, 0.1) is 39.7 Å². The van der Waals surface area contributed by atoms with E-state index in [9.17, 15) is 19.7 Å². The number of nitriles is 2. The Kier molecular flexibility index (Phi) is 29.2. The Morgan fingerprint density at radius 2 is 1.20 bits per heavy atom. The lowest BCUT2D eigenvalue weighted by molar-refractivity contribution is -0.385. The molecule has 2 heterocycles. The van der Waals surface area contributed by atoms with Gasteiger partial charge in [0.15, 0.2) is 0 Å². The molecule has 0 saturated heterocycles. The van der Waals surface area contributed by atoms with Crippen LogP contribution >= 0.6 is 0 Å². The standard InChI is InChI=1S/C17H16N4O3.C10H10N2O2.C5H10.4C2H6/c1-11-4-5-13(9-14(11)21(23)24)20-16(22)12-6-7-19-15(8-12)17(2,3)10-18;1-10(2,6-11)8-5-7(9(13)14)3-4-12-8;1-4-5(2)3;4*1-2/h4-9H,1-3H3,(H,20,22);3-5H,1-2H3,(H,13,14);4H,1-3H3;4*1-2H3. The number of pyridine rings is 2. The van der Waals surface area contributed by atoms with E-state index in [1.807, 2.05) is 62.3 Å². The molecule has 0 unspecified atom stereocenters. The number of anilines is 1. The average molecular weight is 705 g/mol. The highest BCUT2D eigenvalue weighted by Crippen LogP contribution is 2.24. The Bertz CT molecular complexity index is 1600. The molecular weight excluding hydrogens is 644 g/mol. The summed E-state index contributed by atoms with van der Waals surface area (Å²) in [5.74, 6) is -1.44. The quantitative estimate of drug-likeness (QED) is 0.143. The van der Waals surface area contributed by atoms with Crippen LogP contribution in [0.1, 0.15) is 142 Å². The van der Waals surface area contributed by atoms with Crippen molar-refractivity contribution in [3.63, 3.8) is 0 Å². The van der Waals surface area contributed by atoms with Crippen molar-refractivity contribution in [2.24, 2.45) is 0 Å². The van der Waals surface area contributed by atoms with Crippen LogP contribution in [0.4, 0.5) is 11.4 Å². The Balaban J connectivity index is -0.000000346. The summed E-state index contributed by atoms with van der Waals surface area (Å²) in [5, 5.41) is 40.3. The van der Waals surface area contributed by atoms with E-state index < -0.39 is 27.6 Å². The van der Waals surface area contributed by atoms with E-state index in [-0.39, 0.29) is 11.3 Å². The number of hydrogen-bond donors (Lipinski definition) is 2. The summed E-state index contributed by atoms with van der Waals surface area (Å²) in [5.41, 5.74) is 2.01. The maximum atomic E-state index is 12.4. The van der Waals surface area contributed by atoms with Gasteiger partial charge < -0.3 is 10.4 Å². The highest BCUT2D eigenvalue weighted by molar-refractivity contribution is 6.04. The monoisotopic (exact) mass is 704 g/mol. The predicted molar refractivity (Wildman–Crippen MR) is 209 cm³/mol. The molecule has 2 aromatic heterocycles. The van der Waals surface area contributed by atoms with Gasteiger partial charge >= 0.3 is 5.97 Å². The third-order valence-corrected chi connectivity index (χ3v) is 6.11. The minimum Gasteiger partial charge on any atom is -0.478 e. The maximum Gasteiger partial charge on any atom is 0.335 e. The van der Waals surface area contributed by atoms with E-state index >= 15 is 0 Å². The number of carbonyl (C=O) groups excluding carboxylic acids is 1. The molecular formula is C40H60N6O5. The van der Waals surface area contributed by atoms with Gasteiger partial charge in [-0.25, -0.2) is 4.79 Å². The van der Waals surface area contributed by atoms with Crippen molar-refractivity contribution < 1.29 is 19.6 Å². The Morgan fingerprint density at radius 1 is 0.804 bits per heavy atom. The number of nitrogens with one attached hydrogen (secondary N) is 1. The number of amides is 1. The molecule has 0 aliphatic carbocycles. The number of carboxylic acids is 1. The van der Waals surface area contributed by atoms with Crippen LogP contribution < -0.4 is 5.32 Å². The van der Waals surface area contributed by atoms with E-state index in [4.69, 9.17) is 15.6 Å². The van der Waals surface area contributed by atoms with Crippen molar-refractivity contribution in [2.45, 2.75) is 122 Å². The second-order valence-corrected chi connectivity index (χ2v) is 10.7. The van der Waals surface area contributed by atoms with E-state index in [0.29, 0.717) is 28.2 Å². The molecule has 0 spiro atoms. The number of rotatable bonds is 6. The third kappa shape index (κ3) is 20.0. The number of nitro benzene ring substituents is 1. The molecule has 11 heteroatoms. The van der Waals surface area contributed by atoms with Crippen LogP contribution in [0.3, 0.4) is 0 Å². The van der Waals surface area contributed by atoms with Crippen molar-refractivity contribution >= 4 is 23.3 Å². The average Bonchev–Trinajstić information content (AvgIpc) is 3.16. The minimum atomic E-state index is -1.01. The number of nitrogens with zero attached hydrogens (tertiary/aromatic N) is 5. The Hall–Kier alpha value is -5.42. The number of hydrogen-bond acceptors (Lipinski definition) is 8. The smallest absolute Gasteiger partial charge is 0.335 e. The van der Waals surface area contributed by atoms with Crippen molar-refractivity contribution in [1.82, 2.24) is 9.97 Å². The summed E-state index contributed by atoms with van der Waals surface area (Å²) in [7, 11) is 0. The first-order valence-electron chi connectivity index (χ1n) is 17.1. The first kappa shape index (κ1) is 52.4. The molecule has 0 saturated carbocycles. The Morgan fingerprint density at radius 3 is 1.55 bits per heavy atom. The second kappa shape index (κ2) is 28.4. The predicted octanol–water partition coefficient (Wildman–Crippen LogP) is 11.0. The number of aryl methyl sites for hydroxylation is 1. The van der Waals surface area contributed by atoms with Gasteiger partial charge in [-0.3, -0.25) is 24.9 Å². The number of carbonyl (C=O) groups is 2. The van der Waals surface area contributed by atoms with Gasteiger partial charge in [-0.2, -0.15) is 10.5 Å². The van der Waals surface area contributed by atoms with Gasteiger partial charge in [0.2, 0.25) is 0 Å². The first-order chi connectivity index (χ1) is 24.0. The SMILES string of the molecule is CC.CC.CC.CC.CC(C)(C#N)c1cc(C(=O)O)ccn1.CC=C(C)C.Cc1ccc(NC(=O)c2ccnc(C(C)(C)C#N)c2)cc1[N+](=O)[O-]. The fourth-order valence-corrected chi connectivity index (χ4v) is 3.02. The van der Waals surface area contributed by atoms with E-state index in [2.05, 4.69) is 47.3 Å². The zero-order chi connectivity index (χ0) is 41.0. The van der Waals surface area contributed by atoms with Gasteiger partial charge in [0.1, 0.15) is 0 Å². The summed E-state index contributed by atoms with van der Waals surface area (Å²) in [4.78, 5) is 41.6. The molecule has 0 bridgehead atoms. The summed E-state index contributed by atoms with van der Waals surface area (Å²) in [6.07, 6.45) is 4.94. The molecule has 1 aromatic carbocycles. The number of benzene rings is 1. The van der Waals surface area contributed by atoms with E-state index in [0.717, 1.165) is 0 Å². The van der Waals surface area contributed by atoms with Crippen molar-refractivity contribution in [3.8, 4) is 12.1 Å². The maximum absolute atomic E-state index is 12.4. The summed E-state index contributed by atoms with van der Waals surface area (Å²) in [6, 6.07) is 14.6. The van der Waals surface area contributed by atoms with Crippen molar-refractivity contribution in [1.29, 1.82) is 10.5 Å². The molecule has 0 atom stereocenters. The van der Waals surface area contributed by atoms with Gasteiger partial charge in [0.25, 0.3) is 11.6 Å². The van der Waals surface area contributed by atoms with Gasteiger partial charge in [0.05, 0.1) is 44.8 Å². The van der Waals surface area contributed by atoms with Gasteiger partial charge in [0, 0.05) is 35.3 Å². The molecule has 51 heavy (non-hydrogen) atoms. The topological polar surface area (TPSA) is 183 Å². The van der Waals surface area contributed by atoms with Crippen LogP contribution in [0.15, 0.2) is 66.5 Å². The van der Waals surface area contributed by atoms with Crippen LogP contribution in [-0.2, 0) is 10.8 Å². The molecule has 0 fully saturated rings. The molecule has 0 aliphatic heterocycles. The van der Waals surface area contributed by atoms with E-state index in [1.165, 1.54) is 42.2 Å². The summed E-state index contributed by atoms with van der Waals surface area (Å²) >= 11 is 0. The van der Waals surface area contributed by atoms with Crippen molar-refractivity contribution in [3.05, 3.63) is 105 Å². The molecule has 1 amide bonds. The van der Waals surface area contributed by atoms with Gasteiger partial charge in [-0.1, -0.05) is 73.1 Å². The molecule has 3 rings (SSSR count). The summed E-state index contributed by atoms with van der Waals surface area (Å²) in [6.45, 7) is 30.6. The van der Waals surface area contributed by atoms with Gasteiger partial charge in [-0.15, -0.1) is 0 Å². The van der Waals surface area contributed by atoms with Crippen molar-refractivity contribution in [2.75, 3.05) is 5.32 Å². The van der Waals surface area contributed by atoms with Crippen LogP contribution in [0.25, 0.3) is 0 Å². The second-order valence-electron chi connectivity index (χ2n) is 10.7. The lowest BCUT2D eigenvalue weighted by Crippen LogP contribution is -2.18. The molecule has 0 aliphatic rings. The van der Waals surface area contributed by atoms with E-state index in [1.54, 1.807) is 52.8 Å². The lowest BCUT2D eigenvalue weighted by Gasteiger charge is -2.15. The lowest BCUT2D eigenvalue weighted by atomic mass is 9.90. The molecule has 11 nitrogen and oxygen atoms in total. The molecule has 0 radical (unpaired) electrons. The molecule has 280 valence electrons. The van der Waals surface area contributed by atoms with Crippen LogP contribution in [-0.4, -0.2) is 31.9 Å². The first-order valence-corrected chi connectivity index (χ1v) is 17.1. The Labute approximate surface area is 306 Å². The number of aromatic carboxylic acids is 1. The van der Waals surface area contributed by atoms with Crippen LogP contribution in [0.5, 0.6) is 0 Å². The minimum absolute atomic E-state index is 0.0613. The fraction of sp³-hybridized carbons (Fsp3) is 0.450. The highest BCUT2D eigenvalue weighted by atomic mass is 16.6. The zero-order valence-electron chi connectivity index (χ0n) is 33.6.